The lowest BCUT2D eigenvalue weighted by molar-refractivity contribution is -0.113. The summed E-state index contributed by atoms with van der Waals surface area (Å²) in [6, 6.07) is 7.51. The van der Waals surface area contributed by atoms with Gasteiger partial charge in [0.05, 0.1) is 26.9 Å². The topological polar surface area (TPSA) is 43.6 Å². The van der Waals surface area contributed by atoms with Crippen LogP contribution < -0.4 is 4.80 Å². The fraction of sp³-hybridized carbons (Fsp3) is 0.222. The number of hydrogen-bond acceptors (Lipinski definition) is 4. The van der Waals surface area contributed by atoms with Crippen LogP contribution in [-0.4, -0.2) is 23.7 Å². The first-order valence-electron chi connectivity index (χ1n) is 7.95. The molecule has 0 unspecified atom stereocenters. The number of thiazole rings is 1. The number of amides is 1. The van der Waals surface area contributed by atoms with Crippen LogP contribution in [0.2, 0.25) is 10.0 Å². The summed E-state index contributed by atoms with van der Waals surface area (Å²) < 4.78 is 8.26. The number of aromatic nitrogens is 1. The first kappa shape index (κ1) is 19.3. The fourth-order valence-electron chi connectivity index (χ4n) is 2.37. The minimum Gasteiger partial charge on any atom is -0.380 e. The average molecular weight is 427 g/mol. The third-order valence-corrected chi connectivity index (χ3v) is 6.21. The summed E-state index contributed by atoms with van der Waals surface area (Å²) >= 11 is 15.5. The van der Waals surface area contributed by atoms with Gasteiger partial charge in [-0.1, -0.05) is 40.6 Å². The molecule has 2 heterocycles. The van der Waals surface area contributed by atoms with Crippen LogP contribution >= 0.6 is 45.9 Å². The lowest BCUT2D eigenvalue weighted by Crippen LogP contribution is -2.19. The molecule has 3 rings (SSSR count). The van der Waals surface area contributed by atoms with E-state index in [4.69, 9.17) is 27.9 Å². The highest BCUT2D eigenvalue weighted by Crippen LogP contribution is 2.32. The summed E-state index contributed by atoms with van der Waals surface area (Å²) in [5, 5.41) is 2.89. The Balaban J connectivity index is 2.01. The Labute approximate surface area is 169 Å². The second kappa shape index (κ2) is 8.97. The van der Waals surface area contributed by atoms with Crippen LogP contribution in [0.4, 0.5) is 0 Å². The summed E-state index contributed by atoms with van der Waals surface area (Å²) in [4.78, 5) is 18.1. The van der Waals surface area contributed by atoms with Crippen LogP contribution in [0.3, 0.4) is 0 Å². The summed E-state index contributed by atoms with van der Waals surface area (Å²) in [6.07, 6.45) is 3.23. The van der Waals surface area contributed by atoms with Crippen molar-refractivity contribution >= 4 is 68.1 Å². The van der Waals surface area contributed by atoms with E-state index >= 15 is 0 Å². The van der Waals surface area contributed by atoms with Crippen molar-refractivity contribution in [2.75, 3.05) is 13.2 Å². The molecule has 8 heteroatoms. The number of ether oxygens (including phenoxy) is 1. The Morgan fingerprint density at radius 2 is 2.19 bits per heavy atom. The molecule has 2 aromatic heterocycles. The predicted molar refractivity (Wildman–Crippen MR) is 110 cm³/mol. The van der Waals surface area contributed by atoms with E-state index in [1.165, 1.54) is 17.4 Å². The van der Waals surface area contributed by atoms with Crippen molar-refractivity contribution < 1.29 is 9.53 Å². The van der Waals surface area contributed by atoms with Gasteiger partial charge in [-0.15, -0.1) is 11.3 Å². The highest BCUT2D eigenvalue weighted by Gasteiger charge is 2.13. The molecule has 0 bridgehead atoms. The van der Waals surface area contributed by atoms with Crippen LogP contribution in [0.5, 0.6) is 0 Å². The summed E-state index contributed by atoms with van der Waals surface area (Å²) in [6.45, 7) is 3.59. The molecule has 1 amide bonds. The molecule has 0 aliphatic rings. The fourth-order valence-corrected chi connectivity index (χ4v) is 4.53. The van der Waals surface area contributed by atoms with Crippen LogP contribution in [0, 0.1) is 0 Å². The van der Waals surface area contributed by atoms with Crippen molar-refractivity contribution in [3.63, 3.8) is 0 Å². The molecule has 0 N–H and O–H groups in total. The van der Waals surface area contributed by atoms with Crippen LogP contribution in [0.15, 0.2) is 40.7 Å². The number of nitrogens with zero attached hydrogens (tertiary/aromatic N) is 2. The van der Waals surface area contributed by atoms with E-state index in [9.17, 15) is 4.79 Å². The maximum atomic E-state index is 12.3. The molecule has 0 aliphatic carbocycles. The molecular weight excluding hydrogens is 411 g/mol. The molecule has 136 valence electrons. The van der Waals surface area contributed by atoms with Crippen molar-refractivity contribution in [2.45, 2.75) is 13.5 Å². The molecule has 4 nitrogen and oxygen atoms in total. The van der Waals surface area contributed by atoms with Gasteiger partial charge < -0.3 is 9.30 Å². The van der Waals surface area contributed by atoms with Crippen molar-refractivity contribution in [1.29, 1.82) is 0 Å². The number of benzene rings is 1. The normalized spacial score (nSPS) is 12.5. The van der Waals surface area contributed by atoms with E-state index in [0.29, 0.717) is 34.6 Å². The molecule has 0 aliphatic heterocycles. The molecule has 0 radical (unpaired) electrons. The molecule has 0 fully saturated rings. The van der Waals surface area contributed by atoms with Crippen molar-refractivity contribution in [2.24, 2.45) is 4.99 Å². The Kier molecular flexibility index (Phi) is 6.67. The first-order valence-corrected chi connectivity index (χ1v) is 10.4. The number of fused-ring (bicyclic) bond motifs is 1. The summed E-state index contributed by atoms with van der Waals surface area (Å²) in [7, 11) is 0. The standard InChI is InChI=1S/C18H16Cl2N2O2S2/c1-2-24-10-9-22-17-14(7-6-13(19)16(17)20)26-18(22)21-15(23)8-5-12-4-3-11-25-12/h3-8,11H,2,9-10H2,1H3. The molecule has 0 saturated heterocycles. The Morgan fingerprint density at radius 3 is 2.92 bits per heavy atom. The lowest BCUT2D eigenvalue weighted by atomic mass is 10.3. The van der Waals surface area contributed by atoms with Crippen molar-refractivity contribution in [3.05, 3.63) is 55.4 Å². The first-order chi connectivity index (χ1) is 12.6. The van der Waals surface area contributed by atoms with Gasteiger partial charge in [0.2, 0.25) is 0 Å². The maximum absolute atomic E-state index is 12.3. The second-order valence-corrected chi connectivity index (χ2v) is 8.01. The lowest BCUT2D eigenvalue weighted by Gasteiger charge is -2.07. The molecule has 1 aromatic carbocycles. The maximum Gasteiger partial charge on any atom is 0.272 e. The predicted octanol–water partition coefficient (Wildman–Crippen LogP) is 5.25. The van der Waals surface area contributed by atoms with Gasteiger partial charge in [0.1, 0.15) is 0 Å². The molecule has 0 saturated carbocycles. The highest BCUT2D eigenvalue weighted by atomic mass is 35.5. The zero-order valence-electron chi connectivity index (χ0n) is 13.9. The van der Waals surface area contributed by atoms with Crippen LogP contribution in [0.25, 0.3) is 16.3 Å². The van der Waals surface area contributed by atoms with E-state index in [0.717, 1.165) is 15.1 Å². The van der Waals surface area contributed by atoms with Gasteiger partial charge in [-0.25, -0.2) is 0 Å². The van der Waals surface area contributed by atoms with Gasteiger partial charge in [0.15, 0.2) is 4.80 Å². The summed E-state index contributed by atoms with van der Waals surface area (Å²) in [5.41, 5.74) is 0.776. The zero-order chi connectivity index (χ0) is 18.5. The Bertz CT molecular complexity index is 1000. The third-order valence-electron chi connectivity index (χ3n) is 3.54. The second-order valence-electron chi connectivity index (χ2n) is 5.24. The highest BCUT2D eigenvalue weighted by molar-refractivity contribution is 7.16. The zero-order valence-corrected chi connectivity index (χ0v) is 17.1. The van der Waals surface area contributed by atoms with E-state index in [1.54, 1.807) is 23.5 Å². The van der Waals surface area contributed by atoms with Crippen molar-refractivity contribution in [3.8, 4) is 0 Å². The molecular formula is C18H16Cl2N2O2S2. The number of carbonyl (C=O) groups is 1. The SMILES string of the molecule is CCOCCn1c(=NC(=O)C=Cc2cccs2)sc2ccc(Cl)c(Cl)c21. The molecule has 0 spiro atoms. The molecule has 26 heavy (non-hydrogen) atoms. The summed E-state index contributed by atoms with van der Waals surface area (Å²) in [5.74, 6) is -0.322. The third kappa shape index (κ3) is 4.45. The number of thiophene rings is 1. The largest absolute Gasteiger partial charge is 0.380 e. The molecule has 0 atom stereocenters. The van der Waals surface area contributed by atoms with E-state index in [1.807, 2.05) is 35.1 Å². The van der Waals surface area contributed by atoms with E-state index in [-0.39, 0.29) is 5.91 Å². The van der Waals surface area contributed by atoms with Gasteiger partial charge in [-0.2, -0.15) is 4.99 Å². The average Bonchev–Trinajstić information content (AvgIpc) is 3.25. The Hall–Kier alpha value is -1.44. The van der Waals surface area contributed by atoms with Gasteiger partial charge >= 0.3 is 0 Å². The van der Waals surface area contributed by atoms with Gasteiger partial charge in [-0.05, 0) is 36.6 Å². The minimum absolute atomic E-state index is 0.322. The number of rotatable bonds is 6. The van der Waals surface area contributed by atoms with Crippen LogP contribution in [0.1, 0.15) is 11.8 Å². The van der Waals surface area contributed by atoms with Gasteiger partial charge in [0, 0.05) is 24.1 Å². The number of carbonyl (C=O) groups excluding carboxylic acids is 1. The minimum atomic E-state index is -0.322. The van der Waals surface area contributed by atoms with E-state index < -0.39 is 0 Å². The monoisotopic (exact) mass is 426 g/mol. The smallest absolute Gasteiger partial charge is 0.272 e. The number of halogens is 2. The van der Waals surface area contributed by atoms with Crippen LogP contribution in [-0.2, 0) is 16.1 Å². The van der Waals surface area contributed by atoms with Gasteiger partial charge in [-0.3, -0.25) is 4.79 Å². The van der Waals surface area contributed by atoms with Crippen molar-refractivity contribution in [1.82, 2.24) is 4.57 Å². The van der Waals surface area contributed by atoms with Gasteiger partial charge in [0.25, 0.3) is 5.91 Å². The molecule has 3 aromatic rings. The quantitative estimate of drug-likeness (QED) is 0.399. The number of hydrogen-bond donors (Lipinski definition) is 0. The Morgan fingerprint density at radius 1 is 1.35 bits per heavy atom. The van der Waals surface area contributed by atoms with E-state index in [2.05, 4.69) is 4.99 Å².